The smallest absolute Gasteiger partial charge is 0.336 e. The monoisotopic (exact) mass is 415 g/mol. The Kier molecular flexibility index (Phi) is 6.48. The summed E-state index contributed by atoms with van der Waals surface area (Å²) in [6.07, 6.45) is 1.01. The fourth-order valence-electron chi connectivity index (χ4n) is 4.44. The van der Waals surface area contributed by atoms with Crippen molar-refractivity contribution in [3.8, 4) is 0 Å². The zero-order valence-electron chi connectivity index (χ0n) is 17.6. The second kappa shape index (κ2) is 8.90. The Morgan fingerprint density at radius 3 is 2.57 bits per heavy atom. The van der Waals surface area contributed by atoms with Crippen molar-refractivity contribution >= 4 is 23.4 Å². The predicted octanol–water partition coefficient (Wildman–Crippen LogP) is 3.61. The van der Waals surface area contributed by atoms with Crippen molar-refractivity contribution in [1.29, 1.82) is 0 Å². The molecule has 0 unspecified atom stereocenters. The highest BCUT2D eigenvalue weighted by atomic mass is 19.1. The number of fused-ring (bicyclic) bond motifs is 1. The van der Waals surface area contributed by atoms with Crippen LogP contribution in [0, 0.1) is 23.6 Å². The Hall–Kier alpha value is -2.83. The van der Waals surface area contributed by atoms with Gasteiger partial charge in [0.25, 0.3) is 0 Å². The number of halogens is 1. The van der Waals surface area contributed by atoms with Crippen molar-refractivity contribution < 1.29 is 28.2 Å². The van der Waals surface area contributed by atoms with E-state index in [1.54, 1.807) is 32.0 Å². The summed E-state index contributed by atoms with van der Waals surface area (Å²) in [5, 5.41) is 0. The second-order valence-corrected chi connectivity index (χ2v) is 7.80. The average Bonchev–Trinajstić information content (AvgIpc) is 2.71. The van der Waals surface area contributed by atoms with Gasteiger partial charge in [0.2, 0.25) is 0 Å². The van der Waals surface area contributed by atoms with Gasteiger partial charge in [-0.15, -0.1) is 0 Å². The maximum atomic E-state index is 14.9. The van der Waals surface area contributed by atoms with Gasteiger partial charge < -0.3 is 9.47 Å². The number of methoxy groups -OCH3 is 1. The minimum Gasteiger partial charge on any atom is -0.468 e. The number of ketones is 1. The topological polar surface area (TPSA) is 82.0 Å². The molecule has 160 valence electrons. The van der Waals surface area contributed by atoms with E-state index in [0.717, 1.165) is 0 Å². The van der Waals surface area contributed by atoms with E-state index >= 15 is 0 Å². The molecule has 1 aliphatic carbocycles. The lowest BCUT2D eigenvalue weighted by molar-refractivity contribution is -0.152. The number of hydrogen-bond donors (Lipinski definition) is 0. The lowest BCUT2D eigenvalue weighted by Gasteiger charge is -2.40. The molecule has 1 heterocycles. The SMILES string of the molecule is CCCOC(=O)C1=C(C)N=C2C[C@@H](C)[C@H](C(=O)OC)C(=O)[C@@H]2[C@H]1c1ccccc1F. The molecule has 0 aromatic heterocycles. The molecule has 4 atom stereocenters. The summed E-state index contributed by atoms with van der Waals surface area (Å²) in [6, 6.07) is 6.05. The number of carbonyl (C=O) groups excluding carboxylic acids is 3. The van der Waals surface area contributed by atoms with E-state index in [1.165, 1.54) is 13.2 Å². The van der Waals surface area contributed by atoms with Crippen molar-refractivity contribution in [3.63, 3.8) is 0 Å². The zero-order chi connectivity index (χ0) is 22.0. The van der Waals surface area contributed by atoms with Gasteiger partial charge in [-0.1, -0.05) is 32.0 Å². The highest BCUT2D eigenvalue weighted by molar-refractivity contribution is 6.17. The zero-order valence-corrected chi connectivity index (χ0v) is 17.6. The van der Waals surface area contributed by atoms with Crippen LogP contribution in [-0.4, -0.2) is 37.2 Å². The van der Waals surface area contributed by atoms with Gasteiger partial charge in [-0.05, 0) is 37.3 Å². The van der Waals surface area contributed by atoms with E-state index in [-0.39, 0.29) is 23.7 Å². The van der Waals surface area contributed by atoms with Crippen molar-refractivity contribution in [3.05, 3.63) is 46.9 Å². The molecule has 1 fully saturated rings. The van der Waals surface area contributed by atoms with Crippen LogP contribution < -0.4 is 0 Å². The number of allylic oxidation sites excluding steroid dienone is 1. The summed E-state index contributed by atoms with van der Waals surface area (Å²) in [7, 11) is 1.23. The number of rotatable bonds is 5. The third-order valence-corrected chi connectivity index (χ3v) is 5.77. The first-order valence-corrected chi connectivity index (χ1v) is 10.1. The van der Waals surface area contributed by atoms with Crippen LogP contribution in [-0.2, 0) is 23.9 Å². The Morgan fingerprint density at radius 2 is 1.93 bits per heavy atom. The van der Waals surface area contributed by atoms with Gasteiger partial charge in [-0.2, -0.15) is 0 Å². The molecule has 3 rings (SSSR count). The first kappa shape index (κ1) is 21.9. The maximum Gasteiger partial charge on any atom is 0.336 e. The number of Topliss-reactive ketones (excluding diaryl/α,β-unsaturated/α-hetero) is 1. The molecular formula is C23H26FNO5. The molecule has 0 amide bonds. The molecular weight excluding hydrogens is 389 g/mol. The molecule has 0 radical (unpaired) electrons. The molecule has 1 aromatic carbocycles. The summed E-state index contributed by atoms with van der Waals surface area (Å²) in [5.41, 5.74) is 1.34. The molecule has 1 aliphatic heterocycles. The molecule has 7 heteroatoms. The number of nitrogens with zero attached hydrogens (tertiary/aromatic N) is 1. The van der Waals surface area contributed by atoms with Crippen molar-refractivity contribution in [2.75, 3.05) is 13.7 Å². The van der Waals surface area contributed by atoms with Crippen LogP contribution >= 0.6 is 0 Å². The highest BCUT2D eigenvalue weighted by Gasteiger charge is 2.51. The van der Waals surface area contributed by atoms with Gasteiger partial charge in [0.05, 0.1) is 25.2 Å². The van der Waals surface area contributed by atoms with Gasteiger partial charge in [0, 0.05) is 17.3 Å². The molecule has 1 saturated carbocycles. The van der Waals surface area contributed by atoms with Crippen LogP contribution in [0.25, 0.3) is 0 Å². The first-order valence-electron chi connectivity index (χ1n) is 10.1. The van der Waals surface area contributed by atoms with Crippen molar-refractivity contribution in [2.24, 2.45) is 22.7 Å². The summed E-state index contributed by atoms with van der Waals surface area (Å²) < 4.78 is 25.0. The summed E-state index contributed by atoms with van der Waals surface area (Å²) in [4.78, 5) is 43.3. The second-order valence-electron chi connectivity index (χ2n) is 7.80. The van der Waals surface area contributed by atoms with Crippen LogP contribution in [0.4, 0.5) is 4.39 Å². The molecule has 30 heavy (non-hydrogen) atoms. The number of esters is 2. The minimum absolute atomic E-state index is 0.161. The van der Waals surface area contributed by atoms with E-state index in [2.05, 4.69) is 4.99 Å². The maximum absolute atomic E-state index is 14.9. The summed E-state index contributed by atoms with van der Waals surface area (Å²) >= 11 is 0. The standard InChI is InChI=1S/C23H26FNO5/c1-5-10-30-23(28)18-13(3)25-16-11-12(2)17(22(27)29-4)21(26)20(16)19(18)14-8-6-7-9-15(14)24/h6-9,12,17,19-20H,5,10-11H2,1-4H3/t12-,17+,19+,20+/m1/s1. The minimum atomic E-state index is -0.987. The van der Waals surface area contributed by atoms with Gasteiger partial charge in [-0.25, -0.2) is 9.18 Å². The van der Waals surface area contributed by atoms with Crippen LogP contribution in [0.3, 0.4) is 0 Å². The normalized spacial score (nSPS) is 26.0. The number of carbonyl (C=O) groups is 3. The molecule has 0 N–H and O–H groups in total. The van der Waals surface area contributed by atoms with Crippen LogP contribution in [0.15, 0.2) is 40.5 Å². The van der Waals surface area contributed by atoms with Gasteiger partial charge in [0.1, 0.15) is 11.7 Å². The van der Waals surface area contributed by atoms with E-state index in [0.29, 0.717) is 24.3 Å². The van der Waals surface area contributed by atoms with Crippen LogP contribution in [0.5, 0.6) is 0 Å². The van der Waals surface area contributed by atoms with Crippen molar-refractivity contribution in [2.45, 2.75) is 39.5 Å². The Balaban J connectivity index is 2.17. The number of benzene rings is 1. The van der Waals surface area contributed by atoms with Gasteiger partial charge >= 0.3 is 11.9 Å². The van der Waals surface area contributed by atoms with E-state index < -0.39 is 41.3 Å². The Labute approximate surface area is 175 Å². The van der Waals surface area contributed by atoms with Gasteiger partial charge in [0.15, 0.2) is 5.78 Å². The van der Waals surface area contributed by atoms with Crippen molar-refractivity contribution in [1.82, 2.24) is 0 Å². The lowest BCUT2D eigenvalue weighted by Crippen LogP contribution is -2.48. The van der Waals surface area contributed by atoms with E-state index in [1.807, 2.05) is 6.92 Å². The highest BCUT2D eigenvalue weighted by Crippen LogP contribution is 2.46. The Morgan fingerprint density at radius 1 is 1.23 bits per heavy atom. The third kappa shape index (κ3) is 3.80. The fraction of sp³-hybridized carbons (Fsp3) is 0.478. The van der Waals surface area contributed by atoms with E-state index in [9.17, 15) is 18.8 Å². The average molecular weight is 415 g/mol. The predicted molar refractivity (Wildman–Crippen MR) is 108 cm³/mol. The molecule has 0 saturated heterocycles. The quantitative estimate of drug-likeness (QED) is 0.542. The number of ether oxygens (including phenoxy) is 2. The molecule has 1 aromatic rings. The third-order valence-electron chi connectivity index (χ3n) is 5.77. The van der Waals surface area contributed by atoms with Crippen LogP contribution in [0.1, 0.15) is 45.1 Å². The molecule has 0 spiro atoms. The molecule has 2 aliphatic rings. The Bertz CT molecular complexity index is 935. The summed E-state index contributed by atoms with van der Waals surface area (Å²) in [6.45, 7) is 5.53. The molecule has 0 bridgehead atoms. The number of hydrogen-bond acceptors (Lipinski definition) is 6. The first-order chi connectivity index (χ1) is 14.3. The molecule has 6 nitrogen and oxygen atoms in total. The lowest BCUT2D eigenvalue weighted by atomic mass is 9.63. The number of aliphatic imine (C=N–C) groups is 1. The van der Waals surface area contributed by atoms with Crippen LogP contribution in [0.2, 0.25) is 0 Å². The van der Waals surface area contributed by atoms with Gasteiger partial charge in [-0.3, -0.25) is 14.6 Å². The largest absolute Gasteiger partial charge is 0.468 e. The summed E-state index contributed by atoms with van der Waals surface area (Å²) in [5.74, 6) is -5.29. The van der Waals surface area contributed by atoms with E-state index in [4.69, 9.17) is 9.47 Å². The fourth-order valence-corrected chi connectivity index (χ4v) is 4.44.